The average Bonchev–Trinajstić information content (AvgIpc) is 2.92. The average molecular weight is 260 g/mol. The smallest absolute Gasteiger partial charge is 0.141 e. The number of aromatic hydroxyl groups is 1. The van der Waals surface area contributed by atoms with E-state index in [0.29, 0.717) is 0 Å². The standard InChI is InChI=1S/C17H12N2O/c20-16-10-17-18-11-15(12-6-2-1-3-7-12)19(17)14-9-5-4-8-13(14)16/h1-11,20H. The van der Waals surface area contributed by atoms with Crippen LogP contribution in [0, 0.1) is 0 Å². The summed E-state index contributed by atoms with van der Waals surface area (Å²) in [5, 5.41) is 10.9. The summed E-state index contributed by atoms with van der Waals surface area (Å²) in [7, 11) is 0. The summed E-state index contributed by atoms with van der Waals surface area (Å²) in [6, 6.07) is 19.6. The Morgan fingerprint density at radius 2 is 1.65 bits per heavy atom. The first kappa shape index (κ1) is 11.1. The molecule has 20 heavy (non-hydrogen) atoms. The molecule has 4 rings (SSSR count). The quantitative estimate of drug-likeness (QED) is 0.564. The zero-order chi connectivity index (χ0) is 13.5. The van der Waals surface area contributed by atoms with Crippen molar-refractivity contribution in [2.45, 2.75) is 0 Å². The molecule has 1 N–H and O–H groups in total. The van der Waals surface area contributed by atoms with E-state index in [9.17, 15) is 5.11 Å². The van der Waals surface area contributed by atoms with E-state index in [-0.39, 0.29) is 5.75 Å². The van der Waals surface area contributed by atoms with E-state index in [2.05, 4.69) is 21.5 Å². The molecule has 0 aliphatic rings. The van der Waals surface area contributed by atoms with Crippen molar-refractivity contribution < 1.29 is 5.11 Å². The summed E-state index contributed by atoms with van der Waals surface area (Å²) in [5.74, 6) is 0.262. The Bertz CT molecular complexity index is 910. The maximum atomic E-state index is 10.1. The van der Waals surface area contributed by atoms with Crippen LogP contribution in [0.3, 0.4) is 0 Å². The molecule has 2 aromatic heterocycles. The van der Waals surface area contributed by atoms with Crippen molar-refractivity contribution in [2.24, 2.45) is 0 Å². The van der Waals surface area contributed by atoms with E-state index in [1.807, 2.05) is 48.7 Å². The van der Waals surface area contributed by atoms with Gasteiger partial charge >= 0.3 is 0 Å². The maximum Gasteiger partial charge on any atom is 0.141 e. The van der Waals surface area contributed by atoms with Gasteiger partial charge in [-0.05, 0) is 12.1 Å². The topological polar surface area (TPSA) is 37.5 Å². The molecule has 2 aromatic carbocycles. The first-order chi connectivity index (χ1) is 9.84. The minimum absolute atomic E-state index is 0.262. The molecule has 0 spiro atoms. The van der Waals surface area contributed by atoms with E-state index in [0.717, 1.165) is 27.8 Å². The van der Waals surface area contributed by atoms with Gasteiger partial charge in [-0.15, -0.1) is 0 Å². The van der Waals surface area contributed by atoms with E-state index < -0.39 is 0 Å². The highest BCUT2D eigenvalue weighted by Gasteiger charge is 2.11. The summed E-state index contributed by atoms with van der Waals surface area (Å²) in [6.45, 7) is 0. The largest absolute Gasteiger partial charge is 0.507 e. The lowest BCUT2D eigenvalue weighted by molar-refractivity contribution is 0.481. The Balaban J connectivity index is 2.17. The van der Waals surface area contributed by atoms with Gasteiger partial charge in [0.2, 0.25) is 0 Å². The predicted molar refractivity (Wildman–Crippen MR) is 79.8 cm³/mol. The number of hydrogen-bond donors (Lipinski definition) is 1. The number of rotatable bonds is 1. The maximum absolute atomic E-state index is 10.1. The van der Waals surface area contributed by atoms with E-state index >= 15 is 0 Å². The van der Waals surface area contributed by atoms with Gasteiger partial charge in [0.05, 0.1) is 17.4 Å². The molecule has 3 nitrogen and oxygen atoms in total. The Kier molecular flexibility index (Phi) is 2.27. The van der Waals surface area contributed by atoms with Crippen LogP contribution in [0.2, 0.25) is 0 Å². The van der Waals surface area contributed by atoms with Crippen LogP contribution < -0.4 is 0 Å². The lowest BCUT2D eigenvalue weighted by Gasteiger charge is -2.08. The third-order valence-corrected chi connectivity index (χ3v) is 3.55. The Morgan fingerprint density at radius 3 is 2.50 bits per heavy atom. The first-order valence-corrected chi connectivity index (χ1v) is 6.48. The molecule has 4 aromatic rings. The second-order valence-electron chi connectivity index (χ2n) is 4.75. The third-order valence-electron chi connectivity index (χ3n) is 3.55. The molecule has 0 amide bonds. The third kappa shape index (κ3) is 1.50. The fourth-order valence-corrected chi connectivity index (χ4v) is 2.62. The first-order valence-electron chi connectivity index (χ1n) is 6.48. The number of nitrogens with zero attached hydrogens (tertiary/aromatic N) is 2. The van der Waals surface area contributed by atoms with Gasteiger partial charge in [-0.25, -0.2) is 4.98 Å². The van der Waals surface area contributed by atoms with Crippen LogP contribution in [0.5, 0.6) is 5.75 Å². The van der Waals surface area contributed by atoms with Crippen molar-refractivity contribution in [3.8, 4) is 17.0 Å². The van der Waals surface area contributed by atoms with E-state index in [4.69, 9.17) is 0 Å². The molecular weight excluding hydrogens is 248 g/mol. The van der Waals surface area contributed by atoms with E-state index in [1.54, 1.807) is 6.07 Å². The minimum atomic E-state index is 0.262. The van der Waals surface area contributed by atoms with Gasteiger partial charge in [-0.3, -0.25) is 4.40 Å². The van der Waals surface area contributed by atoms with Crippen molar-refractivity contribution in [1.82, 2.24) is 9.38 Å². The highest BCUT2D eigenvalue weighted by Crippen LogP contribution is 2.30. The van der Waals surface area contributed by atoms with Gasteiger partial charge in [0, 0.05) is 17.0 Å². The Morgan fingerprint density at radius 1 is 0.900 bits per heavy atom. The van der Waals surface area contributed by atoms with Crippen molar-refractivity contribution >= 4 is 16.6 Å². The molecule has 0 bridgehead atoms. The number of imidazole rings is 1. The van der Waals surface area contributed by atoms with Crippen molar-refractivity contribution in [3.05, 3.63) is 66.9 Å². The summed E-state index contributed by atoms with van der Waals surface area (Å²) in [4.78, 5) is 4.41. The fourth-order valence-electron chi connectivity index (χ4n) is 2.62. The molecule has 0 atom stereocenters. The van der Waals surface area contributed by atoms with Crippen LogP contribution in [-0.4, -0.2) is 14.5 Å². The Hall–Kier alpha value is -2.81. The van der Waals surface area contributed by atoms with Gasteiger partial charge in [0.15, 0.2) is 0 Å². The molecule has 0 fully saturated rings. The molecule has 0 aliphatic carbocycles. The van der Waals surface area contributed by atoms with Gasteiger partial charge < -0.3 is 5.11 Å². The van der Waals surface area contributed by atoms with Crippen molar-refractivity contribution in [2.75, 3.05) is 0 Å². The highest BCUT2D eigenvalue weighted by molar-refractivity contribution is 5.90. The molecular formula is C17H12N2O. The molecule has 3 heteroatoms. The summed E-state index contributed by atoms with van der Waals surface area (Å²) in [6.07, 6.45) is 1.84. The number of hydrogen-bond acceptors (Lipinski definition) is 2. The fraction of sp³-hybridized carbons (Fsp3) is 0. The number of benzene rings is 2. The zero-order valence-electron chi connectivity index (χ0n) is 10.7. The van der Waals surface area contributed by atoms with Gasteiger partial charge in [-0.2, -0.15) is 0 Å². The summed E-state index contributed by atoms with van der Waals surface area (Å²) in [5.41, 5.74) is 3.84. The number of para-hydroxylation sites is 1. The molecule has 0 radical (unpaired) electrons. The van der Waals surface area contributed by atoms with Crippen LogP contribution in [0.25, 0.3) is 27.8 Å². The Labute approximate surface area is 115 Å². The van der Waals surface area contributed by atoms with Crippen molar-refractivity contribution in [3.63, 3.8) is 0 Å². The monoisotopic (exact) mass is 260 g/mol. The zero-order valence-corrected chi connectivity index (χ0v) is 10.7. The van der Waals surface area contributed by atoms with Gasteiger partial charge in [0.1, 0.15) is 11.4 Å². The molecule has 0 saturated heterocycles. The molecule has 2 heterocycles. The molecule has 96 valence electrons. The van der Waals surface area contributed by atoms with Crippen LogP contribution in [0.1, 0.15) is 0 Å². The van der Waals surface area contributed by atoms with Crippen LogP contribution in [0.15, 0.2) is 66.9 Å². The second-order valence-corrected chi connectivity index (χ2v) is 4.75. The molecule has 0 aliphatic heterocycles. The van der Waals surface area contributed by atoms with Crippen LogP contribution >= 0.6 is 0 Å². The molecule has 0 unspecified atom stereocenters. The predicted octanol–water partition coefficient (Wildman–Crippen LogP) is 3.86. The normalized spacial score (nSPS) is 11.2. The lowest BCUT2D eigenvalue weighted by atomic mass is 10.1. The SMILES string of the molecule is Oc1cc2ncc(-c3ccccc3)n2c2ccccc12. The summed E-state index contributed by atoms with van der Waals surface area (Å²) < 4.78 is 2.07. The van der Waals surface area contributed by atoms with E-state index in [1.165, 1.54) is 0 Å². The van der Waals surface area contributed by atoms with Gasteiger partial charge in [0.25, 0.3) is 0 Å². The van der Waals surface area contributed by atoms with Gasteiger partial charge in [-0.1, -0.05) is 42.5 Å². The second kappa shape index (κ2) is 4.10. The highest BCUT2D eigenvalue weighted by atomic mass is 16.3. The lowest BCUT2D eigenvalue weighted by Crippen LogP contribution is -1.91. The van der Waals surface area contributed by atoms with Crippen molar-refractivity contribution in [1.29, 1.82) is 0 Å². The van der Waals surface area contributed by atoms with Crippen LogP contribution in [-0.2, 0) is 0 Å². The van der Waals surface area contributed by atoms with Crippen LogP contribution in [0.4, 0.5) is 0 Å². The number of aromatic nitrogens is 2. The minimum Gasteiger partial charge on any atom is -0.507 e. The number of fused-ring (bicyclic) bond motifs is 3. The summed E-state index contributed by atoms with van der Waals surface area (Å²) >= 11 is 0. The number of pyridine rings is 1. The molecule has 0 saturated carbocycles.